The summed E-state index contributed by atoms with van der Waals surface area (Å²) in [6, 6.07) is 0. The van der Waals surface area contributed by atoms with Gasteiger partial charge < -0.3 is 10.3 Å². The Bertz CT molecular complexity index is 573. The average molecular weight is 341 g/mol. The molecule has 6 heteroatoms. The highest BCUT2D eigenvalue weighted by Crippen LogP contribution is 2.42. The van der Waals surface area contributed by atoms with Crippen LogP contribution in [0.4, 0.5) is 5.82 Å². The molecule has 0 radical (unpaired) electrons. The van der Waals surface area contributed by atoms with Crippen LogP contribution >= 0.6 is 22.6 Å². The fourth-order valence-electron chi connectivity index (χ4n) is 1.80. The van der Waals surface area contributed by atoms with Crippen molar-refractivity contribution in [3.8, 4) is 11.5 Å². The third kappa shape index (κ3) is 1.90. The van der Waals surface area contributed by atoms with Gasteiger partial charge in [0, 0.05) is 13.0 Å². The van der Waals surface area contributed by atoms with Crippen LogP contribution < -0.4 is 5.73 Å². The molecule has 0 aliphatic heterocycles. The number of nitrogens with two attached hydrogens (primary N) is 1. The number of hydrogen-bond donors (Lipinski definition) is 1. The number of nitrogen functional groups attached to an aromatic ring is 1. The maximum atomic E-state index is 5.95. The Balaban J connectivity index is 2.15. The van der Waals surface area contributed by atoms with Crippen molar-refractivity contribution in [3.05, 3.63) is 21.8 Å². The quantitative estimate of drug-likeness (QED) is 0.848. The van der Waals surface area contributed by atoms with E-state index in [4.69, 9.17) is 5.73 Å². The fourth-order valence-corrected chi connectivity index (χ4v) is 2.48. The van der Waals surface area contributed by atoms with Crippen LogP contribution in [0.25, 0.3) is 11.5 Å². The molecule has 2 heterocycles. The summed E-state index contributed by atoms with van der Waals surface area (Å²) in [5.41, 5.74) is 7.95. The van der Waals surface area contributed by atoms with Crippen molar-refractivity contribution in [2.45, 2.75) is 18.8 Å². The molecule has 0 bridgehead atoms. The molecule has 1 aliphatic carbocycles. The summed E-state index contributed by atoms with van der Waals surface area (Å²) in [6.45, 7) is 0. The van der Waals surface area contributed by atoms with Gasteiger partial charge in [0.05, 0.1) is 21.8 Å². The zero-order chi connectivity index (χ0) is 12.0. The van der Waals surface area contributed by atoms with Crippen molar-refractivity contribution >= 4 is 28.4 Å². The molecule has 2 N–H and O–H groups in total. The van der Waals surface area contributed by atoms with Crippen LogP contribution in [-0.4, -0.2) is 19.5 Å². The van der Waals surface area contributed by atoms with Gasteiger partial charge in [0.1, 0.15) is 11.5 Å². The lowest BCUT2D eigenvalue weighted by Gasteiger charge is -2.08. The molecule has 0 saturated heterocycles. The van der Waals surface area contributed by atoms with E-state index in [-0.39, 0.29) is 0 Å². The number of aryl methyl sites for hydroxylation is 1. The molecule has 2 aromatic rings. The monoisotopic (exact) mass is 341 g/mol. The minimum absolute atomic E-state index is 0.568. The minimum Gasteiger partial charge on any atom is -0.383 e. The van der Waals surface area contributed by atoms with E-state index >= 15 is 0 Å². The lowest BCUT2D eigenvalue weighted by Crippen LogP contribution is -2.05. The summed E-state index contributed by atoms with van der Waals surface area (Å²) in [4.78, 5) is 13.1. The molecule has 0 spiro atoms. The Hall–Kier alpha value is -1.18. The Labute approximate surface area is 113 Å². The summed E-state index contributed by atoms with van der Waals surface area (Å²) in [7, 11) is 1.93. The Morgan fingerprint density at radius 2 is 2.18 bits per heavy atom. The first-order chi connectivity index (χ1) is 8.16. The Kier molecular flexibility index (Phi) is 2.53. The largest absolute Gasteiger partial charge is 0.383 e. The molecule has 1 aliphatic rings. The van der Waals surface area contributed by atoms with Gasteiger partial charge in [-0.15, -0.1) is 0 Å². The lowest BCUT2D eigenvalue weighted by atomic mass is 10.2. The van der Waals surface area contributed by atoms with E-state index in [2.05, 4.69) is 37.5 Å². The van der Waals surface area contributed by atoms with Gasteiger partial charge in [-0.05, 0) is 35.4 Å². The summed E-state index contributed by atoms with van der Waals surface area (Å²) >= 11 is 2.23. The Morgan fingerprint density at radius 1 is 1.41 bits per heavy atom. The predicted octanol–water partition coefficient (Wildman–Crippen LogP) is 1.94. The van der Waals surface area contributed by atoms with Crippen molar-refractivity contribution in [3.63, 3.8) is 0 Å². The third-order valence-electron chi connectivity index (χ3n) is 2.91. The topological polar surface area (TPSA) is 69.6 Å². The van der Waals surface area contributed by atoms with E-state index < -0.39 is 0 Å². The van der Waals surface area contributed by atoms with Crippen molar-refractivity contribution in [1.29, 1.82) is 0 Å². The first-order valence-electron chi connectivity index (χ1n) is 5.46. The van der Waals surface area contributed by atoms with Gasteiger partial charge in [0.25, 0.3) is 0 Å². The summed E-state index contributed by atoms with van der Waals surface area (Å²) in [6.07, 6.45) is 5.91. The van der Waals surface area contributed by atoms with Crippen LogP contribution in [-0.2, 0) is 7.05 Å². The SMILES string of the molecule is Cn1cncc1-c1nc(N)c(I)c(C2CC2)n1. The number of rotatable bonds is 2. The second-order valence-corrected chi connectivity index (χ2v) is 5.37. The van der Waals surface area contributed by atoms with Crippen LogP contribution in [0.3, 0.4) is 0 Å². The number of anilines is 1. The molecule has 5 nitrogen and oxygen atoms in total. The van der Waals surface area contributed by atoms with E-state index in [9.17, 15) is 0 Å². The number of halogens is 1. The molecule has 0 amide bonds. The van der Waals surface area contributed by atoms with E-state index in [1.165, 1.54) is 12.8 Å². The lowest BCUT2D eigenvalue weighted by molar-refractivity contribution is 0.897. The van der Waals surface area contributed by atoms with Crippen molar-refractivity contribution in [1.82, 2.24) is 19.5 Å². The van der Waals surface area contributed by atoms with Gasteiger partial charge in [-0.2, -0.15) is 0 Å². The highest BCUT2D eigenvalue weighted by atomic mass is 127. The van der Waals surface area contributed by atoms with Crippen molar-refractivity contribution < 1.29 is 0 Å². The zero-order valence-electron chi connectivity index (χ0n) is 9.39. The van der Waals surface area contributed by atoms with E-state index in [0.29, 0.717) is 17.6 Å². The van der Waals surface area contributed by atoms with E-state index in [1.54, 1.807) is 12.5 Å². The third-order valence-corrected chi connectivity index (χ3v) is 4.02. The highest BCUT2D eigenvalue weighted by molar-refractivity contribution is 14.1. The van der Waals surface area contributed by atoms with Gasteiger partial charge in [0.15, 0.2) is 5.82 Å². The molecular weight excluding hydrogens is 329 g/mol. The standard InChI is InChI=1S/C11H12IN5/c1-17-5-14-4-7(17)11-15-9(6-2-3-6)8(12)10(13)16-11/h4-6H,2-3H2,1H3,(H2,13,15,16). The molecule has 88 valence electrons. The fraction of sp³-hybridized carbons (Fsp3) is 0.364. The van der Waals surface area contributed by atoms with Gasteiger partial charge in [-0.25, -0.2) is 15.0 Å². The Morgan fingerprint density at radius 3 is 2.76 bits per heavy atom. The van der Waals surface area contributed by atoms with Gasteiger partial charge in [-0.3, -0.25) is 0 Å². The number of imidazole rings is 1. The van der Waals surface area contributed by atoms with Crippen LogP contribution in [0.2, 0.25) is 0 Å². The molecule has 0 atom stereocenters. The summed E-state index contributed by atoms with van der Waals surface area (Å²) < 4.78 is 2.90. The molecule has 1 fully saturated rings. The summed E-state index contributed by atoms with van der Waals surface area (Å²) in [5, 5.41) is 0. The van der Waals surface area contributed by atoms with Gasteiger partial charge >= 0.3 is 0 Å². The number of aromatic nitrogens is 4. The van der Waals surface area contributed by atoms with Crippen LogP contribution in [0.15, 0.2) is 12.5 Å². The van der Waals surface area contributed by atoms with E-state index in [0.717, 1.165) is 15.0 Å². The second kappa shape index (κ2) is 3.94. The van der Waals surface area contributed by atoms with Gasteiger partial charge in [0.2, 0.25) is 0 Å². The maximum absolute atomic E-state index is 5.95. The first kappa shape index (κ1) is 10.9. The molecule has 2 aromatic heterocycles. The van der Waals surface area contributed by atoms with Crippen LogP contribution in [0.5, 0.6) is 0 Å². The predicted molar refractivity (Wildman–Crippen MR) is 73.3 cm³/mol. The summed E-state index contributed by atoms with van der Waals surface area (Å²) in [5.74, 6) is 1.81. The van der Waals surface area contributed by atoms with Crippen molar-refractivity contribution in [2.24, 2.45) is 7.05 Å². The normalized spacial score (nSPS) is 15.2. The highest BCUT2D eigenvalue weighted by Gasteiger charge is 2.29. The van der Waals surface area contributed by atoms with Crippen LogP contribution in [0.1, 0.15) is 24.5 Å². The van der Waals surface area contributed by atoms with Crippen molar-refractivity contribution in [2.75, 3.05) is 5.73 Å². The minimum atomic E-state index is 0.568. The molecular formula is C11H12IN5. The number of hydrogen-bond acceptors (Lipinski definition) is 4. The van der Waals surface area contributed by atoms with Crippen LogP contribution in [0, 0.1) is 3.57 Å². The molecule has 1 saturated carbocycles. The van der Waals surface area contributed by atoms with E-state index in [1.807, 2.05) is 11.6 Å². The second-order valence-electron chi connectivity index (χ2n) is 4.30. The molecule has 0 aromatic carbocycles. The molecule has 0 unspecified atom stereocenters. The van der Waals surface area contributed by atoms with Gasteiger partial charge in [-0.1, -0.05) is 0 Å². The average Bonchev–Trinajstić information content (AvgIpc) is 3.05. The molecule has 17 heavy (non-hydrogen) atoms. The number of nitrogens with zero attached hydrogens (tertiary/aromatic N) is 4. The zero-order valence-corrected chi connectivity index (χ0v) is 11.5. The smallest absolute Gasteiger partial charge is 0.180 e. The first-order valence-corrected chi connectivity index (χ1v) is 6.54. The maximum Gasteiger partial charge on any atom is 0.180 e. The molecule has 3 rings (SSSR count).